The first-order chi connectivity index (χ1) is 7.04. The fraction of sp³-hybridized carbons (Fsp3) is 0.364. The maximum absolute atomic E-state index is 13.3. The van der Waals surface area contributed by atoms with E-state index in [1.807, 2.05) is 13.8 Å². The summed E-state index contributed by atoms with van der Waals surface area (Å²) >= 11 is 4.82. The van der Waals surface area contributed by atoms with Gasteiger partial charge in [0.15, 0.2) is 11.6 Å². The van der Waals surface area contributed by atoms with E-state index in [4.69, 9.17) is 22.7 Å². The maximum Gasteiger partial charge on any atom is 0.165 e. The average molecular weight is 227 g/mol. The van der Waals surface area contributed by atoms with Gasteiger partial charge < -0.3 is 10.5 Å². The van der Waals surface area contributed by atoms with Gasteiger partial charge in [-0.25, -0.2) is 4.39 Å². The summed E-state index contributed by atoms with van der Waals surface area (Å²) in [5.74, 6) is -0.190. The largest absolute Gasteiger partial charge is 0.480 e. The first kappa shape index (κ1) is 11.9. The third kappa shape index (κ3) is 3.16. The number of rotatable bonds is 4. The van der Waals surface area contributed by atoms with E-state index in [0.29, 0.717) is 6.42 Å². The normalized spacial score (nSPS) is 12.2. The molecule has 0 saturated carbocycles. The summed E-state index contributed by atoms with van der Waals surface area (Å²) in [6, 6.07) is 4.69. The van der Waals surface area contributed by atoms with Crippen molar-refractivity contribution in [1.29, 1.82) is 0 Å². The van der Waals surface area contributed by atoms with Gasteiger partial charge in [-0.3, -0.25) is 0 Å². The number of nitrogens with two attached hydrogens (primary N) is 1. The van der Waals surface area contributed by atoms with Crippen molar-refractivity contribution in [3.8, 4) is 5.75 Å². The summed E-state index contributed by atoms with van der Waals surface area (Å²) in [4.78, 5) is 0.249. The maximum atomic E-state index is 13.3. The monoisotopic (exact) mass is 227 g/mol. The van der Waals surface area contributed by atoms with Crippen LogP contribution in [0.15, 0.2) is 18.2 Å². The molecule has 0 spiro atoms. The average Bonchev–Trinajstić information content (AvgIpc) is 2.18. The Hall–Kier alpha value is -1.16. The smallest absolute Gasteiger partial charge is 0.165 e. The van der Waals surface area contributed by atoms with Crippen LogP contribution in [0.1, 0.15) is 18.9 Å². The third-order valence-electron chi connectivity index (χ3n) is 2.04. The van der Waals surface area contributed by atoms with Gasteiger partial charge >= 0.3 is 0 Å². The van der Waals surface area contributed by atoms with Crippen LogP contribution in [0.4, 0.5) is 4.39 Å². The topological polar surface area (TPSA) is 35.2 Å². The van der Waals surface area contributed by atoms with E-state index in [1.165, 1.54) is 6.07 Å². The van der Waals surface area contributed by atoms with Crippen LogP contribution in [0.2, 0.25) is 0 Å². The lowest BCUT2D eigenvalue weighted by Gasteiger charge is -2.16. The zero-order chi connectivity index (χ0) is 11.4. The molecule has 1 aromatic rings. The number of benzene rings is 1. The highest BCUT2D eigenvalue weighted by Gasteiger charge is 2.13. The predicted molar refractivity (Wildman–Crippen MR) is 62.6 cm³/mol. The molecule has 0 radical (unpaired) electrons. The van der Waals surface area contributed by atoms with Gasteiger partial charge in [0.05, 0.1) is 0 Å². The van der Waals surface area contributed by atoms with Crippen LogP contribution in [-0.4, -0.2) is 11.1 Å². The lowest BCUT2D eigenvalue weighted by molar-refractivity contribution is 0.251. The molecule has 15 heavy (non-hydrogen) atoms. The Morgan fingerprint density at radius 3 is 2.80 bits per heavy atom. The minimum atomic E-state index is -0.406. The molecule has 0 saturated heterocycles. The van der Waals surface area contributed by atoms with E-state index in [1.54, 1.807) is 12.1 Å². The van der Waals surface area contributed by atoms with E-state index in [0.717, 1.165) is 5.56 Å². The van der Waals surface area contributed by atoms with Crippen molar-refractivity contribution in [3.63, 3.8) is 0 Å². The number of aryl methyl sites for hydroxylation is 1. The minimum Gasteiger partial charge on any atom is -0.480 e. The zero-order valence-corrected chi connectivity index (χ0v) is 9.60. The van der Waals surface area contributed by atoms with Crippen LogP contribution in [0.5, 0.6) is 5.75 Å². The Balaban J connectivity index is 2.87. The van der Waals surface area contributed by atoms with Crippen LogP contribution in [0.25, 0.3) is 0 Å². The standard InChI is InChI=1S/C11H14FNOS/c1-3-9(11(13)15)14-10-6-7(2)4-5-8(10)12/h4-6,9H,3H2,1-2H3,(H2,13,15). The number of halogens is 1. The Kier molecular flexibility index (Phi) is 4.03. The number of ether oxygens (including phenoxy) is 1. The van der Waals surface area contributed by atoms with Crippen LogP contribution >= 0.6 is 12.2 Å². The summed E-state index contributed by atoms with van der Waals surface area (Å²) in [6.45, 7) is 3.76. The molecule has 0 heterocycles. The van der Waals surface area contributed by atoms with Gasteiger partial charge in [-0.05, 0) is 31.0 Å². The van der Waals surface area contributed by atoms with Gasteiger partial charge in [0.25, 0.3) is 0 Å². The second-order valence-corrected chi connectivity index (χ2v) is 3.82. The van der Waals surface area contributed by atoms with Crippen molar-refractivity contribution >= 4 is 17.2 Å². The number of thiocarbonyl (C=S) groups is 1. The van der Waals surface area contributed by atoms with Crippen LogP contribution in [0, 0.1) is 12.7 Å². The second-order valence-electron chi connectivity index (χ2n) is 3.35. The summed E-state index contributed by atoms with van der Waals surface area (Å²) < 4.78 is 18.7. The van der Waals surface area contributed by atoms with Gasteiger partial charge in [-0.2, -0.15) is 0 Å². The molecule has 2 nitrogen and oxygen atoms in total. The van der Waals surface area contributed by atoms with Gasteiger partial charge in [0, 0.05) is 0 Å². The first-order valence-electron chi connectivity index (χ1n) is 4.76. The predicted octanol–water partition coefficient (Wildman–Crippen LogP) is 2.58. The van der Waals surface area contributed by atoms with Crippen molar-refractivity contribution in [3.05, 3.63) is 29.6 Å². The Bertz CT molecular complexity index is 368. The lowest BCUT2D eigenvalue weighted by atomic mass is 10.2. The molecule has 4 heteroatoms. The molecule has 1 atom stereocenters. The summed E-state index contributed by atoms with van der Waals surface area (Å²) in [7, 11) is 0. The first-order valence-corrected chi connectivity index (χ1v) is 5.17. The molecule has 82 valence electrons. The molecule has 1 aromatic carbocycles. The number of hydrogen-bond donors (Lipinski definition) is 1. The van der Waals surface area contributed by atoms with Crippen molar-refractivity contribution < 1.29 is 9.13 Å². The SMILES string of the molecule is CCC(Oc1cc(C)ccc1F)C(N)=S. The molecule has 0 aromatic heterocycles. The lowest BCUT2D eigenvalue weighted by Crippen LogP contribution is -2.31. The molecule has 0 aliphatic heterocycles. The summed E-state index contributed by atoms with van der Waals surface area (Å²) in [5.41, 5.74) is 6.40. The molecule has 0 bridgehead atoms. The van der Waals surface area contributed by atoms with Crippen LogP contribution in [-0.2, 0) is 0 Å². The Morgan fingerprint density at radius 1 is 1.60 bits per heavy atom. The summed E-state index contributed by atoms with van der Waals surface area (Å²) in [5, 5.41) is 0. The van der Waals surface area contributed by atoms with E-state index in [-0.39, 0.29) is 10.7 Å². The summed E-state index contributed by atoms with van der Waals surface area (Å²) in [6.07, 6.45) is 0.221. The van der Waals surface area contributed by atoms with E-state index >= 15 is 0 Å². The Morgan fingerprint density at radius 2 is 2.27 bits per heavy atom. The van der Waals surface area contributed by atoms with Crippen molar-refractivity contribution in [1.82, 2.24) is 0 Å². The molecule has 2 N–H and O–H groups in total. The highest BCUT2D eigenvalue weighted by molar-refractivity contribution is 7.80. The molecule has 1 rings (SSSR count). The molecule has 0 aliphatic rings. The highest BCUT2D eigenvalue weighted by atomic mass is 32.1. The van der Waals surface area contributed by atoms with Crippen molar-refractivity contribution in [2.24, 2.45) is 5.73 Å². The number of hydrogen-bond acceptors (Lipinski definition) is 2. The zero-order valence-electron chi connectivity index (χ0n) is 8.79. The molecular formula is C11H14FNOS. The molecule has 0 fully saturated rings. The van der Waals surface area contributed by atoms with Crippen LogP contribution < -0.4 is 10.5 Å². The van der Waals surface area contributed by atoms with Gasteiger partial charge in [-0.1, -0.05) is 25.2 Å². The van der Waals surface area contributed by atoms with Gasteiger partial charge in [0.1, 0.15) is 11.1 Å². The molecule has 0 aliphatic carbocycles. The Labute approximate surface area is 94.2 Å². The van der Waals surface area contributed by atoms with E-state index in [9.17, 15) is 4.39 Å². The van der Waals surface area contributed by atoms with Crippen molar-refractivity contribution in [2.75, 3.05) is 0 Å². The van der Waals surface area contributed by atoms with E-state index in [2.05, 4.69) is 0 Å². The second kappa shape index (κ2) is 5.07. The third-order valence-corrected chi connectivity index (χ3v) is 2.31. The molecule has 1 unspecified atom stereocenters. The van der Waals surface area contributed by atoms with Gasteiger partial charge in [0.2, 0.25) is 0 Å². The van der Waals surface area contributed by atoms with Crippen LogP contribution in [0.3, 0.4) is 0 Å². The fourth-order valence-corrected chi connectivity index (χ4v) is 1.41. The molecule has 0 amide bonds. The van der Waals surface area contributed by atoms with Gasteiger partial charge in [-0.15, -0.1) is 0 Å². The fourth-order valence-electron chi connectivity index (χ4n) is 1.20. The quantitative estimate of drug-likeness (QED) is 0.803. The highest BCUT2D eigenvalue weighted by Crippen LogP contribution is 2.20. The minimum absolute atomic E-state index is 0.203. The molecular weight excluding hydrogens is 213 g/mol. The van der Waals surface area contributed by atoms with Crippen molar-refractivity contribution in [2.45, 2.75) is 26.4 Å². The van der Waals surface area contributed by atoms with E-state index < -0.39 is 11.9 Å².